The fourth-order valence-corrected chi connectivity index (χ4v) is 1.48. The second kappa shape index (κ2) is 7.81. The maximum absolute atomic E-state index is 10.3. The van der Waals surface area contributed by atoms with Crippen molar-refractivity contribution in [1.29, 1.82) is 5.26 Å². The lowest BCUT2D eigenvalue weighted by Crippen LogP contribution is -2.32. The quantitative estimate of drug-likeness (QED) is 0.549. The second-order valence-corrected chi connectivity index (χ2v) is 3.82. The van der Waals surface area contributed by atoms with Gasteiger partial charge < -0.3 is 20.0 Å². The second-order valence-electron chi connectivity index (χ2n) is 3.82. The Hall–Kier alpha value is -2.53. The molecular weight excluding hydrogens is 266 g/mol. The summed E-state index contributed by atoms with van der Waals surface area (Å²) in [5, 5.41) is 18.0. The molecule has 0 radical (unpaired) electrons. The van der Waals surface area contributed by atoms with Gasteiger partial charge in [0.05, 0.1) is 19.6 Å². The van der Waals surface area contributed by atoms with Crippen molar-refractivity contribution in [2.75, 3.05) is 20.3 Å². The Morgan fingerprint density at radius 2 is 2.25 bits per heavy atom. The van der Waals surface area contributed by atoms with Crippen molar-refractivity contribution in [3.8, 4) is 17.6 Å². The highest BCUT2D eigenvalue weighted by atomic mass is 17.0. The predicted octanol–water partition coefficient (Wildman–Crippen LogP) is 0.676. The van der Waals surface area contributed by atoms with Crippen LogP contribution in [0.3, 0.4) is 0 Å². The topological polar surface area (TPSA) is 121 Å². The zero-order chi connectivity index (χ0) is 15.0. The minimum absolute atomic E-state index is 0.0544. The molecular formula is C12H15N3O5. The number of nitriles is 1. The van der Waals surface area contributed by atoms with E-state index in [1.165, 1.54) is 7.11 Å². The summed E-state index contributed by atoms with van der Waals surface area (Å²) in [6, 6.07) is 7.06. The van der Waals surface area contributed by atoms with E-state index < -0.39 is 11.2 Å². The first kappa shape index (κ1) is 15.5. The summed E-state index contributed by atoms with van der Waals surface area (Å²) in [6.45, 7) is -0.148. The summed E-state index contributed by atoms with van der Waals surface area (Å²) in [7, 11) is 1.47. The molecule has 0 aliphatic rings. The van der Waals surface area contributed by atoms with Gasteiger partial charge in [-0.25, -0.2) is 0 Å². The first-order valence-corrected chi connectivity index (χ1v) is 5.78. The number of benzene rings is 1. The molecule has 1 rings (SSSR count). The van der Waals surface area contributed by atoms with E-state index in [1.54, 1.807) is 18.2 Å². The Bertz CT molecular complexity index is 500. The molecule has 1 aromatic carbocycles. The molecule has 108 valence electrons. The van der Waals surface area contributed by atoms with Crippen LogP contribution in [-0.2, 0) is 11.3 Å². The SMILES string of the molecule is COc1ccc(CC#N)cc1OCC(CN)O[N+](=O)[O-]. The van der Waals surface area contributed by atoms with Crippen molar-refractivity contribution in [1.82, 2.24) is 0 Å². The van der Waals surface area contributed by atoms with E-state index in [4.69, 9.17) is 20.5 Å². The molecule has 0 saturated carbocycles. The van der Waals surface area contributed by atoms with Crippen molar-refractivity contribution in [2.24, 2.45) is 5.73 Å². The van der Waals surface area contributed by atoms with Gasteiger partial charge in [0.2, 0.25) is 0 Å². The van der Waals surface area contributed by atoms with Gasteiger partial charge in [-0.2, -0.15) is 5.26 Å². The normalized spacial score (nSPS) is 11.2. The van der Waals surface area contributed by atoms with Crippen molar-refractivity contribution in [3.63, 3.8) is 0 Å². The molecule has 0 saturated heterocycles. The summed E-state index contributed by atoms with van der Waals surface area (Å²) in [6.07, 6.45) is -0.638. The molecule has 8 nitrogen and oxygen atoms in total. The van der Waals surface area contributed by atoms with E-state index in [1.807, 2.05) is 6.07 Å². The Labute approximate surface area is 115 Å². The lowest BCUT2D eigenvalue weighted by Gasteiger charge is -2.16. The molecule has 0 heterocycles. The molecule has 1 unspecified atom stereocenters. The van der Waals surface area contributed by atoms with Gasteiger partial charge in [-0.05, 0) is 17.7 Å². The summed E-state index contributed by atoms with van der Waals surface area (Å²) in [5.74, 6) is 0.842. The van der Waals surface area contributed by atoms with Crippen LogP contribution in [0.15, 0.2) is 18.2 Å². The summed E-state index contributed by atoms with van der Waals surface area (Å²) >= 11 is 0. The molecule has 1 aromatic rings. The van der Waals surface area contributed by atoms with Gasteiger partial charge in [0, 0.05) is 6.54 Å². The Morgan fingerprint density at radius 3 is 2.80 bits per heavy atom. The fraction of sp³-hybridized carbons (Fsp3) is 0.417. The number of nitrogens with two attached hydrogens (primary N) is 1. The highest BCUT2D eigenvalue weighted by molar-refractivity contribution is 5.43. The maximum Gasteiger partial charge on any atom is 0.294 e. The van der Waals surface area contributed by atoms with Gasteiger partial charge in [0.15, 0.2) is 17.6 Å². The molecule has 0 amide bonds. The van der Waals surface area contributed by atoms with E-state index in [2.05, 4.69) is 4.84 Å². The van der Waals surface area contributed by atoms with Crippen LogP contribution in [0, 0.1) is 21.4 Å². The average molecular weight is 281 g/mol. The molecule has 0 aromatic heterocycles. The highest BCUT2D eigenvalue weighted by Gasteiger charge is 2.14. The standard InChI is InChI=1S/C12H15N3O5/c1-18-11-3-2-9(4-5-13)6-12(11)19-8-10(7-14)20-15(16)17/h2-3,6,10H,4,7-8,14H2,1H3. The van der Waals surface area contributed by atoms with Crippen molar-refractivity contribution >= 4 is 0 Å². The first-order valence-electron chi connectivity index (χ1n) is 5.78. The van der Waals surface area contributed by atoms with Gasteiger partial charge in [-0.1, -0.05) is 6.07 Å². The number of methoxy groups -OCH3 is 1. The predicted molar refractivity (Wildman–Crippen MR) is 68.7 cm³/mol. The minimum Gasteiger partial charge on any atom is -0.493 e. The number of hydrogen-bond acceptors (Lipinski definition) is 7. The Kier molecular flexibility index (Phi) is 6.06. The average Bonchev–Trinajstić information content (AvgIpc) is 2.43. The number of nitrogens with zero attached hydrogens (tertiary/aromatic N) is 2. The zero-order valence-corrected chi connectivity index (χ0v) is 10.9. The largest absolute Gasteiger partial charge is 0.493 e. The van der Waals surface area contributed by atoms with Crippen molar-refractivity contribution < 1.29 is 19.4 Å². The van der Waals surface area contributed by atoms with Gasteiger partial charge in [0.1, 0.15) is 6.61 Å². The van der Waals surface area contributed by atoms with Crippen LogP contribution in [0.1, 0.15) is 5.56 Å². The molecule has 0 bridgehead atoms. The minimum atomic E-state index is -0.912. The third kappa shape index (κ3) is 4.62. The van der Waals surface area contributed by atoms with Crippen LogP contribution in [0.5, 0.6) is 11.5 Å². The molecule has 20 heavy (non-hydrogen) atoms. The lowest BCUT2D eigenvalue weighted by molar-refractivity contribution is -0.768. The number of hydrogen-bond donors (Lipinski definition) is 1. The smallest absolute Gasteiger partial charge is 0.294 e. The van der Waals surface area contributed by atoms with Crippen molar-refractivity contribution in [3.05, 3.63) is 33.9 Å². The van der Waals surface area contributed by atoms with Crippen LogP contribution >= 0.6 is 0 Å². The molecule has 1 atom stereocenters. The molecule has 0 aliphatic carbocycles. The zero-order valence-electron chi connectivity index (χ0n) is 10.9. The van der Waals surface area contributed by atoms with E-state index in [-0.39, 0.29) is 19.6 Å². The Morgan fingerprint density at radius 1 is 1.50 bits per heavy atom. The molecule has 8 heteroatoms. The van der Waals surface area contributed by atoms with Crippen LogP contribution in [-0.4, -0.2) is 31.5 Å². The van der Waals surface area contributed by atoms with Crippen LogP contribution < -0.4 is 15.2 Å². The number of rotatable bonds is 8. The third-order valence-electron chi connectivity index (χ3n) is 2.43. The molecule has 0 aliphatic heterocycles. The van der Waals surface area contributed by atoms with Crippen molar-refractivity contribution in [2.45, 2.75) is 12.5 Å². The summed E-state index contributed by atoms with van der Waals surface area (Å²) in [4.78, 5) is 14.6. The number of ether oxygens (including phenoxy) is 2. The van der Waals surface area contributed by atoms with E-state index in [0.717, 1.165) is 5.56 Å². The molecule has 2 N–H and O–H groups in total. The highest BCUT2D eigenvalue weighted by Crippen LogP contribution is 2.28. The van der Waals surface area contributed by atoms with Crippen LogP contribution in [0.4, 0.5) is 0 Å². The monoisotopic (exact) mass is 281 g/mol. The first-order chi connectivity index (χ1) is 9.60. The van der Waals surface area contributed by atoms with Crippen LogP contribution in [0.25, 0.3) is 0 Å². The Balaban J connectivity index is 2.76. The van der Waals surface area contributed by atoms with E-state index in [9.17, 15) is 10.1 Å². The van der Waals surface area contributed by atoms with Gasteiger partial charge in [-0.3, -0.25) is 0 Å². The fourth-order valence-electron chi connectivity index (χ4n) is 1.48. The third-order valence-corrected chi connectivity index (χ3v) is 2.43. The summed E-state index contributed by atoms with van der Waals surface area (Å²) in [5.41, 5.74) is 6.10. The molecule has 0 spiro atoms. The summed E-state index contributed by atoms with van der Waals surface area (Å²) < 4.78 is 10.5. The maximum atomic E-state index is 10.3. The van der Waals surface area contributed by atoms with E-state index in [0.29, 0.717) is 11.5 Å². The van der Waals surface area contributed by atoms with E-state index >= 15 is 0 Å². The van der Waals surface area contributed by atoms with Crippen LogP contribution in [0.2, 0.25) is 0 Å². The van der Waals surface area contributed by atoms with Gasteiger partial charge in [0.25, 0.3) is 5.09 Å². The van der Waals surface area contributed by atoms with Gasteiger partial charge >= 0.3 is 0 Å². The molecule has 0 fully saturated rings. The lowest BCUT2D eigenvalue weighted by atomic mass is 10.1. The van der Waals surface area contributed by atoms with Gasteiger partial charge in [-0.15, -0.1) is 10.1 Å².